The molecule has 6 rings (SSSR count). The molecular formula is C31H34N6O3S. The fraction of sp³-hybridized carbons (Fsp3) is 0.323. The average molecular weight is 571 g/mol. The number of pyridine rings is 1. The van der Waals surface area contributed by atoms with E-state index in [0.717, 1.165) is 71.7 Å². The van der Waals surface area contributed by atoms with E-state index >= 15 is 0 Å². The van der Waals surface area contributed by atoms with Crippen LogP contribution in [0.5, 0.6) is 5.75 Å². The van der Waals surface area contributed by atoms with Crippen molar-refractivity contribution in [3.63, 3.8) is 0 Å². The Morgan fingerprint density at radius 2 is 1.83 bits per heavy atom. The maximum Gasteiger partial charge on any atom is 0.229 e. The van der Waals surface area contributed by atoms with Crippen LogP contribution in [-0.4, -0.2) is 42.8 Å². The number of nitrogens with zero attached hydrogens (tertiary/aromatic N) is 4. The highest BCUT2D eigenvalue weighted by molar-refractivity contribution is 7.92. The number of ether oxygens (including phenoxy) is 1. The first kappa shape index (κ1) is 27.0. The maximum absolute atomic E-state index is 12.2. The van der Waals surface area contributed by atoms with E-state index in [0.29, 0.717) is 24.7 Å². The molecule has 0 radical (unpaired) electrons. The van der Waals surface area contributed by atoms with Crippen molar-refractivity contribution in [3.8, 4) is 16.9 Å². The number of nitrogens with one attached hydrogen (secondary N) is 2. The lowest BCUT2D eigenvalue weighted by atomic mass is 9.76. The zero-order valence-electron chi connectivity index (χ0n) is 23.5. The standard InChI is InChI=1S/C31H34N6O3S/c1-31(2)12-11-26-25(17-31)30(34-20-33-26)37-13-14-40-28-10-9-21(15-23(28)19-37)22-16-27(36-41(3,38)39)29(32-18-22)35-24-7-5-4-6-8-24/h4-10,15-16,18,20,36H,11-14,17,19H2,1-3H3,(H,32,35). The molecule has 1 aliphatic heterocycles. The molecule has 0 spiro atoms. The van der Waals surface area contributed by atoms with Crippen LogP contribution in [-0.2, 0) is 29.4 Å². The molecule has 0 unspecified atom stereocenters. The van der Waals surface area contributed by atoms with Gasteiger partial charge < -0.3 is 15.0 Å². The fourth-order valence-electron chi connectivity index (χ4n) is 5.54. The highest BCUT2D eigenvalue weighted by Crippen LogP contribution is 2.39. The van der Waals surface area contributed by atoms with E-state index in [1.807, 2.05) is 42.5 Å². The summed E-state index contributed by atoms with van der Waals surface area (Å²) in [5.74, 6) is 2.25. The third-order valence-electron chi connectivity index (χ3n) is 7.60. The van der Waals surface area contributed by atoms with Crippen LogP contribution in [0.25, 0.3) is 11.1 Å². The van der Waals surface area contributed by atoms with Crippen LogP contribution >= 0.6 is 0 Å². The third-order valence-corrected chi connectivity index (χ3v) is 8.19. The maximum atomic E-state index is 12.2. The zero-order valence-corrected chi connectivity index (χ0v) is 24.3. The molecule has 1 aliphatic carbocycles. The topological polar surface area (TPSA) is 109 Å². The molecule has 2 aliphatic rings. The molecule has 2 N–H and O–H groups in total. The van der Waals surface area contributed by atoms with Crippen molar-refractivity contribution in [3.05, 3.63) is 83.9 Å². The summed E-state index contributed by atoms with van der Waals surface area (Å²) in [6.45, 7) is 6.53. The second-order valence-corrected chi connectivity index (χ2v) is 13.3. The number of rotatable bonds is 6. The minimum absolute atomic E-state index is 0.214. The zero-order chi connectivity index (χ0) is 28.6. The summed E-state index contributed by atoms with van der Waals surface area (Å²) < 4.78 is 33.2. The molecule has 2 aromatic carbocycles. The fourth-order valence-corrected chi connectivity index (χ4v) is 6.10. The van der Waals surface area contributed by atoms with Crippen molar-refractivity contribution in [2.75, 3.05) is 34.3 Å². The number of hydrogen-bond donors (Lipinski definition) is 2. The van der Waals surface area contributed by atoms with Crippen LogP contribution in [0.2, 0.25) is 0 Å². The van der Waals surface area contributed by atoms with E-state index in [-0.39, 0.29) is 5.41 Å². The Hall–Kier alpha value is -4.18. The molecule has 0 saturated heterocycles. The molecule has 4 aromatic rings. The predicted molar refractivity (Wildman–Crippen MR) is 162 cm³/mol. The second-order valence-electron chi connectivity index (χ2n) is 11.5. The van der Waals surface area contributed by atoms with Gasteiger partial charge in [-0.3, -0.25) is 4.72 Å². The monoisotopic (exact) mass is 570 g/mol. The smallest absolute Gasteiger partial charge is 0.229 e. The number of hydrogen-bond acceptors (Lipinski definition) is 8. The molecule has 0 saturated carbocycles. The summed E-state index contributed by atoms with van der Waals surface area (Å²) in [5.41, 5.74) is 6.52. The molecule has 0 bridgehead atoms. The lowest BCUT2D eigenvalue weighted by Crippen LogP contribution is -2.31. The third kappa shape index (κ3) is 6.12. The number of fused-ring (bicyclic) bond motifs is 2. The van der Waals surface area contributed by atoms with Gasteiger partial charge in [-0.05, 0) is 60.6 Å². The van der Waals surface area contributed by atoms with Crippen LogP contribution in [0.15, 0.2) is 67.1 Å². The minimum atomic E-state index is -3.53. The lowest BCUT2D eigenvalue weighted by molar-refractivity contribution is 0.310. The van der Waals surface area contributed by atoms with Crippen LogP contribution in [0, 0.1) is 5.41 Å². The SMILES string of the molecule is CC1(C)CCc2ncnc(N3CCOc4ccc(-c5cnc(Nc6ccccc6)c(NS(C)(=O)=O)c5)cc4C3)c2C1. The van der Waals surface area contributed by atoms with E-state index in [1.165, 1.54) is 5.56 Å². The summed E-state index contributed by atoms with van der Waals surface area (Å²) in [6, 6.07) is 17.4. The molecule has 10 heteroatoms. The largest absolute Gasteiger partial charge is 0.491 e. The van der Waals surface area contributed by atoms with Crippen LogP contribution < -0.4 is 19.7 Å². The van der Waals surface area contributed by atoms with Crippen molar-refractivity contribution in [2.45, 2.75) is 39.7 Å². The summed E-state index contributed by atoms with van der Waals surface area (Å²) in [6.07, 6.45) is 7.60. The molecule has 3 heterocycles. The first-order valence-corrected chi connectivity index (χ1v) is 15.7. The molecular weight excluding hydrogens is 536 g/mol. The van der Waals surface area contributed by atoms with Crippen LogP contribution in [0.3, 0.4) is 0 Å². The van der Waals surface area contributed by atoms with Gasteiger partial charge >= 0.3 is 0 Å². The molecule has 41 heavy (non-hydrogen) atoms. The molecule has 9 nitrogen and oxygen atoms in total. The quantitative estimate of drug-likeness (QED) is 0.310. The van der Waals surface area contributed by atoms with E-state index in [2.05, 4.69) is 44.8 Å². The van der Waals surface area contributed by atoms with Crippen molar-refractivity contribution in [2.24, 2.45) is 5.41 Å². The van der Waals surface area contributed by atoms with Crippen LogP contribution in [0.1, 0.15) is 37.1 Å². The van der Waals surface area contributed by atoms with Gasteiger partial charge in [0.2, 0.25) is 10.0 Å². The Morgan fingerprint density at radius 1 is 1.00 bits per heavy atom. The summed E-state index contributed by atoms with van der Waals surface area (Å²) in [7, 11) is -3.53. The predicted octanol–water partition coefficient (Wildman–Crippen LogP) is 5.57. The highest BCUT2D eigenvalue weighted by atomic mass is 32.2. The van der Waals surface area contributed by atoms with Gasteiger partial charge in [0.1, 0.15) is 24.5 Å². The van der Waals surface area contributed by atoms with Gasteiger partial charge in [0, 0.05) is 40.8 Å². The van der Waals surface area contributed by atoms with Gasteiger partial charge in [0.25, 0.3) is 0 Å². The Kier molecular flexibility index (Phi) is 7.03. The number of para-hydroxylation sites is 1. The van der Waals surface area contributed by atoms with Crippen molar-refractivity contribution >= 4 is 33.0 Å². The molecule has 0 atom stereocenters. The van der Waals surface area contributed by atoms with Crippen LogP contribution in [0.4, 0.5) is 23.0 Å². The Morgan fingerprint density at radius 3 is 2.63 bits per heavy atom. The van der Waals surface area contributed by atoms with Crippen molar-refractivity contribution in [1.29, 1.82) is 0 Å². The van der Waals surface area contributed by atoms with Gasteiger partial charge in [-0.25, -0.2) is 23.4 Å². The number of anilines is 4. The average Bonchev–Trinajstić information content (AvgIpc) is 3.15. The number of aryl methyl sites for hydroxylation is 1. The lowest BCUT2D eigenvalue weighted by Gasteiger charge is -2.33. The minimum Gasteiger partial charge on any atom is -0.491 e. The molecule has 212 valence electrons. The normalized spacial score (nSPS) is 16.1. The first-order valence-electron chi connectivity index (χ1n) is 13.8. The Labute approximate surface area is 241 Å². The van der Waals surface area contributed by atoms with Crippen molar-refractivity contribution < 1.29 is 13.2 Å². The van der Waals surface area contributed by atoms with Gasteiger partial charge in [0.05, 0.1) is 18.5 Å². The number of aromatic nitrogens is 3. The number of benzene rings is 2. The second kappa shape index (κ2) is 10.7. The van der Waals surface area contributed by atoms with Gasteiger partial charge in [-0.15, -0.1) is 0 Å². The first-order chi connectivity index (χ1) is 19.6. The van der Waals surface area contributed by atoms with Crippen molar-refractivity contribution in [1.82, 2.24) is 15.0 Å². The van der Waals surface area contributed by atoms with Gasteiger partial charge in [-0.2, -0.15) is 0 Å². The van der Waals surface area contributed by atoms with E-state index in [4.69, 9.17) is 9.72 Å². The molecule has 2 aromatic heterocycles. The highest BCUT2D eigenvalue weighted by Gasteiger charge is 2.30. The number of sulfonamides is 1. The summed E-state index contributed by atoms with van der Waals surface area (Å²) in [4.78, 5) is 16.2. The van der Waals surface area contributed by atoms with Gasteiger partial charge in [0.15, 0.2) is 5.82 Å². The molecule has 0 amide bonds. The van der Waals surface area contributed by atoms with Gasteiger partial charge in [-0.1, -0.05) is 38.1 Å². The summed E-state index contributed by atoms with van der Waals surface area (Å²) in [5, 5.41) is 3.21. The Balaban J connectivity index is 1.33. The van der Waals surface area contributed by atoms with E-state index < -0.39 is 10.0 Å². The Bertz CT molecular complexity index is 1690. The molecule has 0 fully saturated rings. The summed E-state index contributed by atoms with van der Waals surface area (Å²) >= 11 is 0. The van der Waals surface area contributed by atoms with E-state index in [9.17, 15) is 8.42 Å². The van der Waals surface area contributed by atoms with E-state index in [1.54, 1.807) is 18.6 Å².